The van der Waals surface area contributed by atoms with E-state index in [1.165, 1.54) is 5.56 Å². The first-order valence-electron chi connectivity index (χ1n) is 12.5. The van der Waals surface area contributed by atoms with Gasteiger partial charge in [0.05, 0.1) is 34.2 Å². The van der Waals surface area contributed by atoms with Crippen LogP contribution in [-0.2, 0) is 13.1 Å². The van der Waals surface area contributed by atoms with Crippen LogP contribution >= 0.6 is 11.6 Å². The number of nitrogens with zero attached hydrogens (tertiary/aromatic N) is 5. The van der Waals surface area contributed by atoms with Crippen LogP contribution in [0.5, 0.6) is 5.75 Å². The number of hydrogen-bond donors (Lipinski definition) is 2. The molecule has 0 bridgehead atoms. The topological polar surface area (TPSA) is 109 Å². The van der Waals surface area contributed by atoms with Gasteiger partial charge in [-0.05, 0) is 64.1 Å². The van der Waals surface area contributed by atoms with E-state index in [2.05, 4.69) is 26.4 Å². The molecule has 0 spiro atoms. The number of hydrogen-bond acceptors (Lipinski definition) is 9. The highest BCUT2D eigenvalue weighted by molar-refractivity contribution is 6.33. The number of rotatable bonds is 8. The maximum atomic E-state index is 10.1. The molecule has 5 rings (SSSR count). The van der Waals surface area contributed by atoms with Gasteiger partial charge in [-0.15, -0.1) is 0 Å². The van der Waals surface area contributed by atoms with Crippen LogP contribution in [0.15, 0.2) is 35.0 Å². The van der Waals surface area contributed by atoms with E-state index in [1.54, 1.807) is 19.2 Å². The summed E-state index contributed by atoms with van der Waals surface area (Å²) in [5.41, 5.74) is 7.26. The van der Waals surface area contributed by atoms with Crippen LogP contribution < -0.4 is 15.0 Å². The molecule has 1 unspecified atom stereocenters. The van der Waals surface area contributed by atoms with Crippen LogP contribution in [0.4, 0.5) is 5.82 Å². The average molecular weight is 535 g/mol. The van der Waals surface area contributed by atoms with Crippen molar-refractivity contribution in [3.05, 3.63) is 69.3 Å². The normalized spacial score (nSPS) is 13.6. The van der Waals surface area contributed by atoms with Crippen molar-refractivity contribution < 1.29 is 14.4 Å². The standard InChI is InChI=1S/C28H31ClN6O3/c1-15-8-19-12-35(13-24(19)31-10-15)28-16(2)26(25-17(3)34-38-18(25)4)32-27(33-28)22-9-21(6-7-23(22)29)37-14-20(36)11-30-5/h6-10,20,30,36H,11-14H2,1-5H3. The number of halogens is 1. The lowest BCUT2D eigenvalue weighted by atomic mass is 10.0. The van der Waals surface area contributed by atoms with Crippen molar-refractivity contribution in [2.24, 2.45) is 0 Å². The molecule has 2 N–H and O–H groups in total. The average Bonchev–Trinajstić information content (AvgIpc) is 3.46. The molecule has 0 saturated heterocycles. The molecule has 38 heavy (non-hydrogen) atoms. The number of ether oxygens (including phenoxy) is 1. The Morgan fingerprint density at radius 1 is 1.16 bits per heavy atom. The number of fused-ring (bicyclic) bond motifs is 1. The van der Waals surface area contributed by atoms with E-state index in [0.29, 0.717) is 47.6 Å². The molecule has 4 aromatic rings. The highest BCUT2D eigenvalue weighted by Crippen LogP contribution is 2.38. The Hall–Kier alpha value is -3.53. The van der Waals surface area contributed by atoms with Crippen LogP contribution in [0, 0.1) is 27.7 Å². The SMILES string of the molecule is CNCC(O)COc1ccc(Cl)c(-c2nc(-c3c(C)noc3C)c(C)c(N3Cc4cc(C)cnc4C3)n2)c1. The third kappa shape index (κ3) is 5.09. The number of nitrogens with one attached hydrogen (secondary N) is 1. The van der Waals surface area contributed by atoms with E-state index >= 15 is 0 Å². The number of likely N-dealkylation sites (N-methyl/N-ethyl adjacent to an activating group) is 1. The fourth-order valence-electron chi connectivity index (χ4n) is 4.78. The lowest BCUT2D eigenvalue weighted by Gasteiger charge is -2.22. The van der Waals surface area contributed by atoms with Crippen molar-refractivity contribution in [3.8, 4) is 28.4 Å². The van der Waals surface area contributed by atoms with Gasteiger partial charge in [-0.3, -0.25) is 4.98 Å². The van der Waals surface area contributed by atoms with Gasteiger partial charge in [0.15, 0.2) is 5.82 Å². The van der Waals surface area contributed by atoms with Gasteiger partial charge < -0.3 is 24.6 Å². The van der Waals surface area contributed by atoms with E-state index in [1.807, 2.05) is 40.0 Å². The minimum Gasteiger partial charge on any atom is -0.491 e. The molecule has 0 radical (unpaired) electrons. The molecule has 0 saturated carbocycles. The second kappa shape index (κ2) is 10.7. The van der Waals surface area contributed by atoms with Crippen LogP contribution in [0.2, 0.25) is 5.02 Å². The third-order valence-electron chi connectivity index (χ3n) is 6.65. The van der Waals surface area contributed by atoms with Crippen molar-refractivity contribution in [1.29, 1.82) is 0 Å². The van der Waals surface area contributed by atoms with Gasteiger partial charge in [0, 0.05) is 30.4 Å². The van der Waals surface area contributed by atoms with E-state index in [0.717, 1.165) is 39.6 Å². The largest absolute Gasteiger partial charge is 0.491 e. The predicted octanol–water partition coefficient (Wildman–Crippen LogP) is 4.56. The molecule has 0 amide bonds. The summed E-state index contributed by atoms with van der Waals surface area (Å²) in [5.74, 6) is 2.52. The summed E-state index contributed by atoms with van der Waals surface area (Å²) in [6.07, 6.45) is 1.26. The minimum atomic E-state index is -0.637. The van der Waals surface area contributed by atoms with Crippen LogP contribution in [0.3, 0.4) is 0 Å². The first-order valence-corrected chi connectivity index (χ1v) is 12.9. The quantitative estimate of drug-likeness (QED) is 0.336. The maximum Gasteiger partial charge on any atom is 0.163 e. The summed E-state index contributed by atoms with van der Waals surface area (Å²) in [7, 11) is 1.78. The molecule has 1 aliphatic rings. The Morgan fingerprint density at radius 2 is 1.97 bits per heavy atom. The van der Waals surface area contributed by atoms with E-state index in [9.17, 15) is 5.11 Å². The van der Waals surface area contributed by atoms with Crippen molar-refractivity contribution in [1.82, 2.24) is 25.4 Å². The zero-order chi connectivity index (χ0) is 27.0. The number of anilines is 1. The van der Waals surface area contributed by atoms with Gasteiger partial charge in [0.25, 0.3) is 0 Å². The van der Waals surface area contributed by atoms with Gasteiger partial charge in [0.2, 0.25) is 0 Å². The van der Waals surface area contributed by atoms with Crippen molar-refractivity contribution in [2.45, 2.75) is 46.9 Å². The second-order valence-electron chi connectivity index (χ2n) is 9.68. The van der Waals surface area contributed by atoms with E-state index in [4.69, 9.17) is 30.8 Å². The number of aryl methyl sites for hydroxylation is 3. The summed E-state index contributed by atoms with van der Waals surface area (Å²) in [6.45, 7) is 9.77. The zero-order valence-corrected chi connectivity index (χ0v) is 22.9. The summed E-state index contributed by atoms with van der Waals surface area (Å²) >= 11 is 6.68. The van der Waals surface area contributed by atoms with Gasteiger partial charge in [-0.25, -0.2) is 9.97 Å². The molecule has 1 aliphatic heterocycles. The van der Waals surface area contributed by atoms with Gasteiger partial charge in [0.1, 0.15) is 30.0 Å². The Morgan fingerprint density at radius 3 is 2.71 bits per heavy atom. The van der Waals surface area contributed by atoms with Crippen LogP contribution in [-0.4, -0.2) is 51.5 Å². The monoisotopic (exact) mass is 534 g/mol. The number of aliphatic hydroxyl groups excluding tert-OH is 1. The van der Waals surface area contributed by atoms with E-state index in [-0.39, 0.29) is 6.61 Å². The number of aliphatic hydroxyl groups is 1. The minimum absolute atomic E-state index is 0.144. The maximum absolute atomic E-state index is 10.1. The number of benzene rings is 1. The van der Waals surface area contributed by atoms with Crippen LogP contribution in [0.1, 0.15) is 33.8 Å². The predicted molar refractivity (Wildman–Crippen MR) is 146 cm³/mol. The smallest absolute Gasteiger partial charge is 0.163 e. The summed E-state index contributed by atoms with van der Waals surface area (Å²) in [5, 5.41) is 17.6. The Kier molecular flexibility index (Phi) is 7.34. The van der Waals surface area contributed by atoms with E-state index < -0.39 is 6.10 Å². The number of aromatic nitrogens is 4. The zero-order valence-electron chi connectivity index (χ0n) is 22.2. The molecule has 1 aromatic carbocycles. The molecule has 9 nitrogen and oxygen atoms in total. The first kappa shape index (κ1) is 26.1. The lowest BCUT2D eigenvalue weighted by molar-refractivity contribution is 0.108. The first-order chi connectivity index (χ1) is 18.2. The molecule has 0 fully saturated rings. The number of pyridine rings is 1. The highest BCUT2D eigenvalue weighted by atomic mass is 35.5. The molecule has 10 heteroatoms. The Bertz CT molecular complexity index is 1470. The molecule has 0 aliphatic carbocycles. The molecular formula is C28H31ClN6O3. The summed E-state index contributed by atoms with van der Waals surface area (Å²) in [4.78, 5) is 16.9. The fraction of sp³-hybridized carbons (Fsp3) is 0.357. The van der Waals surface area contributed by atoms with Crippen molar-refractivity contribution >= 4 is 17.4 Å². The summed E-state index contributed by atoms with van der Waals surface area (Å²) < 4.78 is 11.3. The molecular weight excluding hydrogens is 504 g/mol. The molecule has 3 aromatic heterocycles. The molecule has 4 heterocycles. The second-order valence-corrected chi connectivity index (χ2v) is 10.1. The fourth-order valence-corrected chi connectivity index (χ4v) is 4.98. The van der Waals surface area contributed by atoms with Crippen molar-refractivity contribution in [2.75, 3.05) is 25.1 Å². The molecule has 198 valence electrons. The molecule has 1 atom stereocenters. The van der Waals surface area contributed by atoms with Crippen molar-refractivity contribution in [3.63, 3.8) is 0 Å². The third-order valence-corrected chi connectivity index (χ3v) is 6.98. The lowest BCUT2D eigenvalue weighted by Crippen LogP contribution is -2.29. The van der Waals surface area contributed by atoms with Gasteiger partial charge in [-0.2, -0.15) is 0 Å². The van der Waals surface area contributed by atoms with Crippen LogP contribution in [0.25, 0.3) is 22.6 Å². The Balaban J connectivity index is 1.60. The summed E-state index contributed by atoms with van der Waals surface area (Å²) in [6, 6.07) is 7.51. The van der Waals surface area contributed by atoms with Gasteiger partial charge in [-0.1, -0.05) is 22.8 Å². The highest BCUT2D eigenvalue weighted by Gasteiger charge is 2.27. The Labute approximate surface area is 226 Å². The van der Waals surface area contributed by atoms with Gasteiger partial charge >= 0.3 is 0 Å².